The van der Waals surface area contributed by atoms with E-state index in [-0.39, 0.29) is 12.3 Å². The van der Waals surface area contributed by atoms with E-state index in [1.165, 1.54) is 0 Å². The first-order valence-corrected chi connectivity index (χ1v) is 3.04. The minimum Gasteiger partial charge on any atom is -0.481 e. The topological polar surface area (TPSA) is 80.4 Å². The maximum Gasteiger partial charge on any atom is 0.303 e. The van der Waals surface area contributed by atoms with E-state index in [2.05, 4.69) is 5.73 Å². The van der Waals surface area contributed by atoms with Gasteiger partial charge >= 0.3 is 5.97 Å². The van der Waals surface area contributed by atoms with Gasteiger partial charge in [0.15, 0.2) is 0 Å². The van der Waals surface area contributed by atoms with E-state index in [9.17, 15) is 9.59 Å². The first kappa shape index (κ1) is 11.7. The number of carbonyl (C=O) groups is 2. The van der Waals surface area contributed by atoms with Crippen molar-refractivity contribution in [3.05, 3.63) is 0 Å². The molecule has 0 saturated heterocycles. The van der Waals surface area contributed by atoms with Crippen LogP contribution in [0.1, 0.15) is 26.7 Å². The molecule has 1 amide bonds. The van der Waals surface area contributed by atoms with Gasteiger partial charge in [-0.3, -0.25) is 9.59 Å². The number of nitrogens with two attached hydrogens (primary N) is 1. The number of primary amides is 1. The van der Waals surface area contributed by atoms with Crippen molar-refractivity contribution in [3.63, 3.8) is 0 Å². The zero-order chi connectivity index (χ0) is 8.57. The fourth-order valence-electron chi connectivity index (χ4n) is 0. The van der Waals surface area contributed by atoms with Crippen molar-refractivity contribution in [2.75, 3.05) is 0 Å². The lowest BCUT2D eigenvalue weighted by Crippen LogP contribution is -2.06. The van der Waals surface area contributed by atoms with Gasteiger partial charge < -0.3 is 10.8 Å². The summed E-state index contributed by atoms with van der Waals surface area (Å²) in [6, 6.07) is 0. The Balaban J connectivity index is 0. The molecule has 0 aromatic carbocycles. The van der Waals surface area contributed by atoms with Crippen molar-refractivity contribution >= 4 is 11.9 Å². The van der Waals surface area contributed by atoms with Gasteiger partial charge in [-0.2, -0.15) is 0 Å². The number of carboxylic acids is 1. The van der Waals surface area contributed by atoms with Gasteiger partial charge in [0, 0.05) is 12.8 Å². The second kappa shape index (κ2) is 7.94. The average molecular weight is 147 g/mol. The number of aliphatic carboxylic acids is 1. The fourth-order valence-corrected chi connectivity index (χ4v) is 0. The normalized spacial score (nSPS) is 7.40. The molecule has 0 unspecified atom stereocenters. The van der Waals surface area contributed by atoms with Crippen molar-refractivity contribution in [2.45, 2.75) is 26.7 Å². The van der Waals surface area contributed by atoms with E-state index in [4.69, 9.17) is 5.11 Å². The maximum absolute atomic E-state index is 9.59. The van der Waals surface area contributed by atoms with Gasteiger partial charge in [-0.25, -0.2) is 0 Å². The highest BCUT2D eigenvalue weighted by Gasteiger charge is 1.80. The summed E-state index contributed by atoms with van der Waals surface area (Å²) in [5.41, 5.74) is 4.65. The molecule has 0 aliphatic carbocycles. The highest BCUT2D eigenvalue weighted by molar-refractivity contribution is 5.73. The summed E-state index contributed by atoms with van der Waals surface area (Å²) in [5.74, 6) is -0.991. The van der Waals surface area contributed by atoms with Crippen LogP contribution in [0.3, 0.4) is 0 Å². The van der Waals surface area contributed by atoms with Crippen LogP contribution in [0, 0.1) is 0 Å². The van der Waals surface area contributed by atoms with Crippen LogP contribution in [0.15, 0.2) is 0 Å². The van der Waals surface area contributed by atoms with Crippen molar-refractivity contribution in [1.82, 2.24) is 0 Å². The molecule has 0 fully saturated rings. The Labute approximate surface area is 60.0 Å². The molecular weight excluding hydrogens is 134 g/mol. The van der Waals surface area contributed by atoms with Gasteiger partial charge in [0.2, 0.25) is 5.91 Å². The summed E-state index contributed by atoms with van der Waals surface area (Å²) >= 11 is 0. The number of rotatable bonds is 2. The Bertz CT molecular complexity index is 97.6. The number of carboxylic acid groups (broad SMARTS) is 1. The molecule has 0 aliphatic heterocycles. The SMILES string of the molecule is CCC(=O)O.CCC(N)=O. The Morgan fingerprint density at radius 3 is 1.50 bits per heavy atom. The van der Waals surface area contributed by atoms with E-state index in [1.807, 2.05) is 0 Å². The predicted octanol–water partition coefficient (Wildman–Crippen LogP) is 0.363. The highest BCUT2D eigenvalue weighted by atomic mass is 16.4. The second-order valence-electron chi connectivity index (χ2n) is 1.57. The smallest absolute Gasteiger partial charge is 0.303 e. The van der Waals surface area contributed by atoms with Crippen LogP contribution in [0.4, 0.5) is 0 Å². The van der Waals surface area contributed by atoms with Crippen molar-refractivity contribution < 1.29 is 14.7 Å². The minimum atomic E-state index is -0.745. The Morgan fingerprint density at radius 2 is 1.50 bits per heavy atom. The summed E-state index contributed by atoms with van der Waals surface area (Å²) in [6.07, 6.45) is 0.667. The molecule has 0 aliphatic rings. The second-order valence-corrected chi connectivity index (χ2v) is 1.57. The highest BCUT2D eigenvalue weighted by Crippen LogP contribution is 1.67. The van der Waals surface area contributed by atoms with E-state index in [1.54, 1.807) is 13.8 Å². The summed E-state index contributed by atoms with van der Waals surface area (Å²) in [5, 5.41) is 7.72. The van der Waals surface area contributed by atoms with Gasteiger partial charge in [0.1, 0.15) is 0 Å². The molecule has 0 spiro atoms. The van der Waals surface area contributed by atoms with Gasteiger partial charge in [-0.1, -0.05) is 13.8 Å². The Hall–Kier alpha value is -1.06. The van der Waals surface area contributed by atoms with Crippen molar-refractivity contribution in [1.29, 1.82) is 0 Å². The minimum absolute atomic E-state index is 0.222. The quantitative estimate of drug-likeness (QED) is 0.591. The van der Waals surface area contributed by atoms with Crippen LogP contribution in [0.5, 0.6) is 0 Å². The van der Waals surface area contributed by atoms with Crippen molar-refractivity contribution in [2.24, 2.45) is 5.73 Å². The van der Waals surface area contributed by atoms with Crippen LogP contribution >= 0.6 is 0 Å². The third-order valence-electron chi connectivity index (χ3n) is 0.651. The largest absolute Gasteiger partial charge is 0.481 e. The molecule has 3 N–H and O–H groups in total. The lowest BCUT2D eigenvalue weighted by Gasteiger charge is -1.73. The van der Waals surface area contributed by atoms with Crippen LogP contribution in [0.25, 0.3) is 0 Å². The van der Waals surface area contributed by atoms with Gasteiger partial charge in [-0.15, -0.1) is 0 Å². The third-order valence-corrected chi connectivity index (χ3v) is 0.651. The summed E-state index contributed by atoms with van der Waals surface area (Å²) < 4.78 is 0. The molecule has 0 atom stereocenters. The number of hydrogen-bond donors (Lipinski definition) is 2. The fraction of sp³-hybridized carbons (Fsp3) is 0.667. The Morgan fingerprint density at radius 1 is 1.30 bits per heavy atom. The molecule has 60 valence electrons. The molecule has 0 bridgehead atoms. The van der Waals surface area contributed by atoms with Crippen LogP contribution in [-0.2, 0) is 9.59 Å². The van der Waals surface area contributed by atoms with Crippen LogP contribution in [-0.4, -0.2) is 17.0 Å². The average Bonchev–Trinajstić information content (AvgIpc) is 1.89. The van der Waals surface area contributed by atoms with Gasteiger partial charge in [0.05, 0.1) is 0 Å². The molecule has 0 radical (unpaired) electrons. The van der Waals surface area contributed by atoms with E-state index < -0.39 is 5.97 Å². The number of amides is 1. The van der Waals surface area contributed by atoms with Crippen LogP contribution < -0.4 is 5.73 Å². The molecular formula is C6H13NO3. The van der Waals surface area contributed by atoms with Gasteiger partial charge in [0.25, 0.3) is 0 Å². The first-order chi connectivity index (χ1) is 4.54. The van der Waals surface area contributed by atoms with E-state index >= 15 is 0 Å². The lowest BCUT2D eigenvalue weighted by atomic mass is 10.5. The Kier molecular flexibility index (Phi) is 9.29. The summed E-state index contributed by atoms with van der Waals surface area (Å²) in [7, 11) is 0. The summed E-state index contributed by atoms with van der Waals surface area (Å²) in [6.45, 7) is 3.32. The molecule has 0 rings (SSSR count). The molecule has 0 aromatic rings. The zero-order valence-corrected chi connectivity index (χ0v) is 6.26. The maximum atomic E-state index is 9.59. The standard InChI is InChI=1S/C3H7NO.C3H6O2/c2*1-2-3(4)5/h2H2,1H3,(H2,4,5);2H2,1H3,(H,4,5). The van der Waals surface area contributed by atoms with E-state index in [0.717, 1.165) is 0 Å². The van der Waals surface area contributed by atoms with Gasteiger partial charge in [-0.05, 0) is 0 Å². The first-order valence-electron chi connectivity index (χ1n) is 3.04. The van der Waals surface area contributed by atoms with Crippen LogP contribution in [0.2, 0.25) is 0 Å². The van der Waals surface area contributed by atoms with E-state index in [0.29, 0.717) is 6.42 Å². The molecule has 0 saturated carbocycles. The molecule has 0 heterocycles. The predicted molar refractivity (Wildman–Crippen MR) is 37.4 cm³/mol. The number of carbonyl (C=O) groups excluding carboxylic acids is 1. The molecule has 10 heavy (non-hydrogen) atoms. The third kappa shape index (κ3) is 28.3. The molecule has 4 nitrogen and oxygen atoms in total. The molecule has 0 aromatic heterocycles. The summed E-state index contributed by atoms with van der Waals surface area (Å²) in [4.78, 5) is 19.0. The van der Waals surface area contributed by atoms with Crippen molar-refractivity contribution in [3.8, 4) is 0 Å². The molecule has 4 heteroatoms. The zero-order valence-electron chi connectivity index (χ0n) is 6.26. The lowest BCUT2D eigenvalue weighted by molar-refractivity contribution is -0.136. The monoisotopic (exact) mass is 147 g/mol. The number of hydrogen-bond acceptors (Lipinski definition) is 2.